The number of esters is 1. The molecule has 1 saturated carbocycles. The van der Waals surface area contributed by atoms with Crippen molar-refractivity contribution in [3.63, 3.8) is 0 Å². The molecule has 0 radical (unpaired) electrons. The molecule has 10 heteroatoms. The zero-order chi connectivity index (χ0) is 33.5. The van der Waals surface area contributed by atoms with E-state index in [2.05, 4.69) is 27.9 Å². The van der Waals surface area contributed by atoms with Crippen molar-refractivity contribution in [3.05, 3.63) is 89.3 Å². The average Bonchev–Trinajstić information content (AvgIpc) is 3.59. The van der Waals surface area contributed by atoms with Gasteiger partial charge < -0.3 is 29.7 Å². The number of nitrogens with zero attached hydrogens (tertiary/aromatic N) is 2. The van der Waals surface area contributed by atoms with E-state index in [4.69, 9.17) is 9.15 Å². The predicted octanol–water partition coefficient (Wildman–Crippen LogP) is 6.52. The number of carbonyl (C=O) groups is 3. The molecule has 2 aromatic heterocycles. The monoisotopic (exact) mass is 641 g/mol. The Balaban J connectivity index is 1.38. The summed E-state index contributed by atoms with van der Waals surface area (Å²) in [6, 6.07) is 15.7. The van der Waals surface area contributed by atoms with E-state index in [1.54, 1.807) is 6.92 Å². The van der Waals surface area contributed by atoms with E-state index < -0.39 is 18.1 Å². The summed E-state index contributed by atoms with van der Waals surface area (Å²) < 4.78 is 13.6. The number of benzene rings is 2. The lowest BCUT2D eigenvalue weighted by molar-refractivity contribution is -0.124. The fourth-order valence-electron chi connectivity index (χ4n) is 6.43. The Kier molecular flexibility index (Phi) is 11.0. The first kappa shape index (κ1) is 33.8. The first-order valence-electron chi connectivity index (χ1n) is 16.7. The summed E-state index contributed by atoms with van der Waals surface area (Å²) in [5.41, 5.74) is 2.95. The van der Waals surface area contributed by atoms with E-state index in [9.17, 15) is 14.4 Å². The van der Waals surface area contributed by atoms with Crippen LogP contribution >= 0.6 is 0 Å². The molecule has 3 N–H and O–H groups in total. The second kappa shape index (κ2) is 15.3. The minimum absolute atomic E-state index is 0.0611. The Morgan fingerprint density at radius 1 is 1.02 bits per heavy atom. The number of aromatic nitrogens is 2. The number of carbonyl (C=O) groups excluding carboxylic acids is 3. The van der Waals surface area contributed by atoms with Crippen LogP contribution < -0.4 is 16.0 Å². The van der Waals surface area contributed by atoms with Crippen LogP contribution in [0.25, 0.3) is 10.9 Å². The molecule has 0 aliphatic heterocycles. The van der Waals surface area contributed by atoms with Crippen molar-refractivity contribution < 1.29 is 23.5 Å². The second-order valence-corrected chi connectivity index (χ2v) is 13.2. The topological polar surface area (TPSA) is 127 Å². The molecule has 2 heterocycles. The molecule has 5 rings (SSSR count). The van der Waals surface area contributed by atoms with E-state index in [-0.39, 0.29) is 42.1 Å². The molecule has 2 aromatic carbocycles. The summed E-state index contributed by atoms with van der Waals surface area (Å²) in [7, 11) is 1.98. The van der Waals surface area contributed by atoms with Crippen LogP contribution in [0.5, 0.6) is 0 Å². The van der Waals surface area contributed by atoms with E-state index in [0.717, 1.165) is 41.3 Å². The lowest BCUT2D eigenvalue weighted by atomic mass is 9.86. The number of ether oxygens (including phenoxy) is 1. The highest BCUT2D eigenvalue weighted by Gasteiger charge is 2.31. The number of para-hydroxylation sites is 1. The van der Waals surface area contributed by atoms with Crippen LogP contribution in [0, 0.1) is 18.8 Å². The maximum Gasteiger partial charge on any atom is 0.360 e. The SMILES string of the molecule is Cc1oc([C@@H](Cc2cn(C)c3ccccc23)NC(=O)[C@H](CC(C)C)NC(=O)N[C@H]2CCCCC2C)nc1C(=O)OCc1ccccc1. The Labute approximate surface area is 276 Å². The molecule has 1 unspecified atom stereocenters. The Morgan fingerprint density at radius 3 is 2.49 bits per heavy atom. The highest BCUT2D eigenvalue weighted by atomic mass is 16.5. The molecular weight excluding hydrogens is 594 g/mol. The van der Waals surface area contributed by atoms with Crippen molar-refractivity contribution in [3.8, 4) is 0 Å². The molecule has 0 bridgehead atoms. The van der Waals surface area contributed by atoms with Crippen molar-refractivity contribution >= 4 is 28.8 Å². The molecule has 0 saturated heterocycles. The van der Waals surface area contributed by atoms with E-state index in [1.165, 1.54) is 6.42 Å². The van der Waals surface area contributed by atoms with Crippen molar-refractivity contribution in [1.29, 1.82) is 0 Å². The van der Waals surface area contributed by atoms with Gasteiger partial charge >= 0.3 is 12.0 Å². The van der Waals surface area contributed by atoms with Crippen molar-refractivity contribution in [2.75, 3.05) is 0 Å². The number of nitrogens with one attached hydrogen (secondary N) is 3. The van der Waals surface area contributed by atoms with Gasteiger partial charge in [-0.05, 0) is 55.2 Å². The molecule has 1 aliphatic rings. The predicted molar refractivity (Wildman–Crippen MR) is 181 cm³/mol. The second-order valence-electron chi connectivity index (χ2n) is 13.2. The van der Waals surface area contributed by atoms with E-state index in [0.29, 0.717) is 24.5 Å². The zero-order valence-corrected chi connectivity index (χ0v) is 28.0. The number of oxazole rings is 1. The summed E-state index contributed by atoms with van der Waals surface area (Å²) in [4.78, 5) is 44.8. The number of urea groups is 1. The average molecular weight is 642 g/mol. The molecule has 1 fully saturated rings. The van der Waals surface area contributed by atoms with Crippen molar-refractivity contribution in [2.45, 2.75) is 91.0 Å². The normalized spacial score (nSPS) is 17.7. The van der Waals surface area contributed by atoms with Crippen molar-refractivity contribution in [1.82, 2.24) is 25.5 Å². The maximum absolute atomic E-state index is 14.0. The van der Waals surface area contributed by atoms with Crippen LogP contribution in [-0.4, -0.2) is 39.5 Å². The fraction of sp³-hybridized carbons (Fsp3) is 0.459. The van der Waals surface area contributed by atoms with Gasteiger partial charge in [-0.1, -0.05) is 82.1 Å². The van der Waals surface area contributed by atoms with Crippen molar-refractivity contribution in [2.24, 2.45) is 18.9 Å². The largest absolute Gasteiger partial charge is 0.456 e. The summed E-state index contributed by atoms with van der Waals surface area (Å²) >= 11 is 0. The van der Waals surface area contributed by atoms with Crippen LogP contribution in [0.1, 0.15) is 92.2 Å². The molecule has 4 aromatic rings. The quantitative estimate of drug-likeness (QED) is 0.151. The fourth-order valence-corrected chi connectivity index (χ4v) is 6.43. The number of fused-ring (bicyclic) bond motifs is 1. The first-order chi connectivity index (χ1) is 22.6. The minimum Gasteiger partial charge on any atom is -0.456 e. The van der Waals surface area contributed by atoms with Gasteiger partial charge in [0.1, 0.15) is 24.5 Å². The molecule has 0 spiro atoms. The summed E-state index contributed by atoms with van der Waals surface area (Å²) in [5, 5.41) is 10.2. The van der Waals surface area contributed by atoms with Gasteiger partial charge in [-0.25, -0.2) is 14.6 Å². The third kappa shape index (κ3) is 8.61. The van der Waals surface area contributed by atoms with Crippen LogP contribution in [0.3, 0.4) is 0 Å². The Morgan fingerprint density at radius 2 is 1.74 bits per heavy atom. The van der Waals surface area contributed by atoms with Gasteiger partial charge in [0.25, 0.3) is 0 Å². The van der Waals surface area contributed by atoms with Gasteiger partial charge in [0.05, 0.1) is 0 Å². The molecule has 250 valence electrons. The molecule has 10 nitrogen and oxygen atoms in total. The Hall–Kier alpha value is -4.60. The van der Waals surface area contributed by atoms with Gasteiger partial charge in [0.15, 0.2) is 5.69 Å². The molecule has 1 aliphatic carbocycles. The number of aryl methyl sites for hydroxylation is 2. The summed E-state index contributed by atoms with van der Waals surface area (Å²) in [6.07, 6.45) is 7.09. The number of hydrogen-bond donors (Lipinski definition) is 3. The third-order valence-electron chi connectivity index (χ3n) is 8.99. The Bertz CT molecular complexity index is 1680. The smallest absolute Gasteiger partial charge is 0.360 e. The van der Waals surface area contributed by atoms with Crippen LogP contribution in [0.2, 0.25) is 0 Å². The van der Waals surface area contributed by atoms with E-state index in [1.807, 2.05) is 86.3 Å². The van der Waals surface area contributed by atoms with Gasteiger partial charge in [-0.3, -0.25) is 4.79 Å². The minimum atomic E-state index is -0.782. The van der Waals surface area contributed by atoms with Crippen LogP contribution in [-0.2, 0) is 29.6 Å². The van der Waals surface area contributed by atoms with Crippen LogP contribution in [0.15, 0.2) is 65.2 Å². The molecule has 47 heavy (non-hydrogen) atoms. The number of amides is 3. The molecule has 3 amide bonds. The van der Waals surface area contributed by atoms with Gasteiger partial charge in [-0.15, -0.1) is 0 Å². The van der Waals surface area contributed by atoms with Gasteiger partial charge in [0, 0.05) is 36.6 Å². The first-order valence-corrected chi connectivity index (χ1v) is 16.7. The number of hydrogen-bond acceptors (Lipinski definition) is 6. The summed E-state index contributed by atoms with van der Waals surface area (Å²) in [5.74, 6) is 0.0709. The molecule has 4 atom stereocenters. The van der Waals surface area contributed by atoms with E-state index >= 15 is 0 Å². The lowest BCUT2D eigenvalue weighted by Gasteiger charge is -2.30. The lowest BCUT2D eigenvalue weighted by Crippen LogP contribution is -2.54. The standard InChI is InChI=1S/C37H47N5O5/c1-23(2)19-30(40-37(45)39-29-17-11-9-13-24(29)3)34(43)38-31(20-27-21-42(5)32-18-12-10-16-28(27)32)35-41-33(25(4)47-35)36(44)46-22-26-14-7-6-8-15-26/h6-8,10,12,14-16,18,21,23-24,29-31H,9,11,13,17,19-20,22H2,1-5H3,(H,38,43)(H2,39,40,45)/t24?,29-,30-,31+/m0/s1. The third-order valence-corrected chi connectivity index (χ3v) is 8.99. The summed E-state index contributed by atoms with van der Waals surface area (Å²) in [6.45, 7) is 7.95. The highest BCUT2D eigenvalue weighted by molar-refractivity contribution is 5.89. The van der Waals surface area contributed by atoms with Gasteiger partial charge in [0.2, 0.25) is 11.8 Å². The zero-order valence-electron chi connectivity index (χ0n) is 28.0. The molecular formula is C37H47N5O5. The van der Waals surface area contributed by atoms with Crippen LogP contribution in [0.4, 0.5) is 4.79 Å². The maximum atomic E-state index is 14.0. The number of rotatable bonds is 12. The van der Waals surface area contributed by atoms with Gasteiger partial charge in [-0.2, -0.15) is 0 Å². The highest BCUT2D eigenvalue weighted by Crippen LogP contribution is 2.28.